The predicted octanol–water partition coefficient (Wildman–Crippen LogP) is -0.982. The second-order valence-electron chi connectivity index (χ2n) is 2.90. The summed E-state index contributed by atoms with van der Waals surface area (Å²) < 4.78 is 14.1. The quantitative estimate of drug-likeness (QED) is 0.382. The van der Waals surface area contributed by atoms with Gasteiger partial charge < -0.3 is 34.6 Å². The topological polar surface area (TPSA) is 109 Å². The lowest BCUT2D eigenvalue weighted by Crippen LogP contribution is -2.03. The van der Waals surface area contributed by atoms with Crippen LogP contribution in [-0.2, 0) is 14.2 Å². The van der Waals surface area contributed by atoms with Crippen LogP contribution in [0.5, 0.6) is 0 Å². The maximum atomic E-state index is 8.09. The third kappa shape index (κ3) is 46.3. The van der Waals surface area contributed by atoms with Crippen LogP contribution < -0.4 is 0 Å². The highest BCUT2D eigenvalue weighted by Crippen LogP contribution is 1.69. The first kappa shape index (κ1) is 23.8. The standard InChI is InChI=1S/2C4H10O3.C4H10O/c2*5-1-3-7-4-2-6;1-3-5-4-2/h2*5-6H,1-4H2;3-4H2,1-2H3. The first-order valence-electron chi connectivity index (χ1n) is 6.41. The predicted molar refractivity (Wildman–Crippen MR) is 72.1 cm³/mol. The number of rotatable bonds is 10. The van der Waals surface area contributed by atoms with Crippen LogP contribution in [-0.4, -0.2) is 86.5 Å². The van der Waals surface area contributed by atoms with Crippen LogP contribution in [0.4, 0.5) is 0 Å². The molecule has 0 atom stereocenters. The van der Waals surface area contributed by atoms with Gasteiger partial charge >= 0.3 is 0 Å². The molecule has 0 aliphatic heterocycles. The molecule has 0 saturated heterocycles. The van der Waals surface area contributed by atoms with E-state index in [1.165, 1.54) is 0 Å². The molecule has 0 aliphatic rings. The maximum absolute atomic E-state index is 8.09. The number of ether oxygens (including phenoxy) is 3. The summed E-state index contributed by atoms with van der Waals surface area (Å²) in [6.45, 7) is 7.06. The minimum absolute atomic E-state index is 0.0278. The van der Waals surface area contributed by atoms with Crippen LogP contribution in [0.3, 0.4) is 0 Å². The molecule has 0 spiro atoms. The summed E-state index contributed by atoms with van der Waals surface area (Å²) in [4.78, 5) is 0. The largest absolute Gasteiger partial charge is 0.394 e. The summed E-state index contributed by atoms with van der Waals surface area (Å²) in [6.07, 6.45) is 0. The van der Waals surface area contributed by atoms with Crippen LogP contribution in [0.25, 0.3) is 0 Å². The van der Waals surface area contributed by atoms with E-state index < -0.39 is 0 Å². The van der Waals surface area contributed by atoms with E-state index in [-0.39, 0.29) is 26.4 Å². The average molecular weight is 286 g/mol. The van der Waals surface area contributed by atoms with Gasteiger partial charge in [-0.25, -0.2) is 0 Å². The van der Waals surface area contributed by atoms with E-state index in [2.05, 4.69) is 9.47 Å². The Morgan fingerprint density at radius 3 is 0.895 bits per heavy atom. The van der Waals surface area contributed by atoms with Crippen molar-refractivity contribution in [1.29, 1.82) is 0 Å². The van der Waals surface area contributed by atoms with Crippen molar-refractivity contribution >= 4 is 0 Å². The van der Waals surface area contributed by atoms with E-state index in [0.29, 0.717) is 26.4 Å². The second-order valence-corrected chi connectivity index (χ2v) is 2.90. The van der Waals surface area contributed by atoms with Crippen LogP contribution in [0.2, 0.25) is 0 Å². The fraction of sp³-hybridized carbons (Fsp3) is 1.00. The first-order valence-corrected chi connectivity index (χ1v) is 6.41. The number of hydrogen-bond acceptors (Lipinski definition) is 7. The van der Waals surface area contributed by atoms with Gasteiger partial charge in [-0.1, -0.05) is 0 Å². The normalized spacial score (nSPS) is 9.16. The molecule has 0 rings (SSSR count). The van der Waals surface area contributed by atoms with Gasteiger partial charge in [-0.2, -0.15) is 0 Å². The molecule has 4 N–H and O–H groups in total. The Morgan fingerprint density at radius 1 is 0.526 bits per heavy atom. The van der Waals surface area contributed by atoms with Gasteiger partial charge in [0.2, 0.25) is 0 Å². The van der Waals surface area contributed by atoms with Crippen LogP contribution in [0.15, 0.2) is 0 Å². The molecule has 19 heavy (non-hydrogen) atoms. The highest BCUT2D eigenvalue weighted by molar-refractivity contribution is 4.24. The molecule has 0 fully saturated rings. The Kier molecular flexibility index (Phi) is 38.3. The monoisotopic (exact) mass is 286 g/mol. The third-order valence-electron chi connectivity index (χ3n) is 1.35. The number of hydrogen-bond donors (Lipinski definition) is 4. The van der Waals surface area contributed by atoms with E-state index in [1.54, 1.807) is 0 Å². The average Bonchev–Trinajstić information content (AvgIpc) is 2.42. The minimum atomic E-state index is 0.0278. The minimum Gasteiger partial charge on any atom is -0.394 e. The summed E-state index contributed by atoms with van der Waals surface area (Å²) in [5, 5.41) is 32.3. The number of aliphatic hydroxyl groups excluding tert-OH is 4. The highest BCUT2D eigenvalue weighted by Gasteiger charge is 1.80. The molecule has 0 heterocycles. The van der Waals surface area contributed by atoms with E-state index in [0.717, 1.165) is 13.2 Å². The molecule has 0 saturated carbocycles. The van der Waals surface area contributed by atoms with Crippen LogP contribution >= 0.6 is 0 Å². The molecule has 7 nitrogen and oxygen atoms in total. The van der Waals surface area contributed by atoms with Crippen molar-refractivity contribution in [3.63, 3.8) is 0 Å². The lowest BCUT2D eigenvalue weighted by Gasteiger charge is -1.94. The van der Waals surface area contributed by atoms with Gasteiger partial charge in [0.1, 0.15) is 0 Å². The molecule has 0 aromatic heterocycles. The van der Waals surface area contributed by atoms with Gasteiger partial charge in [0.25, 0.3) is 0 Å². The summed E-state index contributed by atoms with van der Waals surface area (Å²) in [7, 11) is 0. The summed E-state index contributed by atoms with van der Waals surface area (Å²) in [5.41, 5.74) is 0. The molecular formula is C12H30O7. The molecule has 0 aromatic carbocycles. The van der Waals surface area contributed by atoms with E-state index in [1.807, 2.05) is 13.8 Å². The van der Waals surface area contributed by atoms with Crippen LogP contribution in [0, 0.1) is 0 Å². The van der Waals surface area contributed by atoms with Gasteiger partial charge in [0.15, 0.2) is 0 Å². The van der Waals surface area contributed by atoms with Gasteiger partial charge in [0.05, 0.1) is 52.9 Å². The Hall–Kier alpha value is -0.280. The molecule has 120 valence electrons. The maximum Gasteiger partial charge on any atom is 0.0698 e. The zero-order valence-corrected chi connectivity index (χ0v) is 12.1. The van der Waals surface area contributed by atoms with E-state index in [9.17, 15) is 0 Å². The van der Waals surface area contributed by atoms with Gasteiger partial charge in [-0.3, -0.25) is 0 Å². The van der Waals surface area contributed by atoms with Gasteiger partial charge in [0, 0.05) is 13.2 Å². The van der Waals surface area contributed by atoms with E-state index in [4.69, 9.17) is 25.2 Å². The smallest absolute Gasteiger partial charge is 0.0698 e. The molecule has 0 radical (unpaired) electrons. The Labute approximate surface area is 115 Å². The Bertz CT molecular complexity index is 94.3. The SMILES string of the molecule is CCOCC.OCCOCCO.OCCOCCO. The fourth-order valence-electron chi connectivity index (χ4n) is 0.666. The van der Waals surface area contributed by atoms with Crippen molar-refractivity contribution in [2.24, 2.45) is 0 Å². The van der Waals surface area contributed by atoms with Crippen LogP contribution in [0.1, 0.15) is 13.8 Å². The lowest BCUT2D eigenvalue weighted by atomic mass is 10.7. The molecule has 0 aliphatic carbocycles. The van der Waals surface area contributed by atoms with Crippen molar-refractivity contribution in [2.45, 2.75) is 13.8 Å². The Morgan fingerprint density at radius 2 is 0.789 bits per heavy atom. The van der Waals surface area contributed by atoms with Crippen molar-refractivity contribution < 1.29 is 34.6 Å². The van der Waals surface area contributed by atoms with Crippen molar-refractivity contribution in [2.75, 3.05) is 66.1 Å². The third-order valence-corrected chi connectivity index (χ3v) is 1.35. The van der Waals surface area contributed by atoms with Crippen molar-refractivity contribution in [1.82, 2.24) is 0 Å². The fourth-order valence-corrected chi connectivity index (χ4v) is 0.666. The van der Waals surface area contributed by atoms with Crippen molar-refractivity contribution in [3.05, 3.63) is 0 Å². The Balaban J connectivity index is -0.000000206. The molecule has 0 unspecified atom stereocenters. The first-order chi connectivity index (χ1) is 9.24. The zero-order valence-electron chi connectivity index (χ0n) is 12.1. The molecule has 0 aromatic rings. The number of aliphatic hydroxyl groups is 4. The summed E-state index contributed by atoms with van der Waals surface area (Å²) >= 11 is 0. The molecule has 7 heteroatoms. The van der Waals surface area contributed by atoms with E-state index >= 15 is 0 Å². The van der Waals surface area contributed by atoms with Crippen molar-refractivity contribution in [3.8, 4) is 0 Å². The molecule has 0 bridgehead atoms. The molecular weight excluding hydrogens is 256 g/mol. The van der Waals surface area contributed by atoms with Gasteiger partial charge in [-0.05, 0) is 13.8 Å². The van der Waals surface area contributed by atoms with Gasteiger partial charge in [-0.15, -0.1) is 0 Å². The second kappa shape index (κ2) is 30.6. The zero-order chi connectivity index (χ0) is 15.2. The lowest BCUT2D eigenvalue weighted by molar-refractivity contribution is 0.0649. The highest BCUT2D eigenvalue weighted by atomic mass is 16.5. The summed E-state index contributed by atoms with van der Waals surface area (Å²) in [6, 6.07) is 0. The molecule has 0 amide bonds. The summed E-state index contributed by atoms with van der Waals surface area (Å²) in [5.74, 6) is 0.